The molecule has 96 valence electrons. The summed E-state index contributed by atoms with van der Waals surface area (Å²) in [5, 5.41) is 0. The number of benzene rings is 1. The summed E-state index contributed by atoms with van der Waals surface area (Å²) in [6, 6.07) is 6.65. The van der Waals surface area contributed by atoms with E-state index in [1.54, 1.807) is 6.08 Å². The van der Waals surface area contributed by atoms with Gasteiger partial charge in [0.25, 0.3) is 0 Å². The Morgan fingerprint density at radius 3 is 2.28 bits per heavy atom. The molecule has 1 aliphatic carbocycles. The molecule has 0 radical (unpaired) electrons. The van der Waals surface area contributed by atoms with E-state index in [0.717, 1.165) is 12.8 Å². The van der Waals surface area contributed by atoms with E-state index in [4.69, 9.17) is 0 Å². The summed E-state index contributed by atoms with van der Waals surface area (Å²) in [6.45, 7) is 8.76. The predicted octanol–water partition coefficient (Wildman–Crippen LogP) is 4.26. The van der Waals surface area contributed by atoms with Crippen LogP contribution in [0.3, 0.4) is 0 Å². The fourth-order valence-electron chi connectivity index (χ4n) is 2.49. The van der Waals surface area contributed by atoms with Crippen molar-refractivity contribution in [1.82, 2.24) is 0 Å². The van der Waals surface area contributed by atoms with Gasteiger partial charge >= 0.3 is 0 Å². The average Bonchev–Trinajstić information content (AvgIpc) is 3.09. The lowest BCUT2D eigenvalue weighted by atomic mass is 9.88. The van der Waals surface area contributed by atoms with Gasteiger partial charge in [-0.05, 0) is 41.4 Å². The zero-order chi connectivity index (χ0) is 13.3. The number of isocyanates is 1. The van der Waals surface area contributed by atoms with Gasteiger partial charge in [-0.2, -0.15) is 4.99 Å². The Balaban J connectivity index is 2.55. The quantitative estimate of drug-likeness (QED) is 0.574. The van der Waals surface area contributed by atoms with E-state index in [2.05, 4.69) is 50.9 Å². The number of carbonyl (C=O) groups excluding carboxylic acids is 1. The minimum atomic E-state index is -0.258. The molecule has 18 heavy (non-hydrogen) atoms. The van der Waals surface area contributed by atoms with E-state index in [1.165, 1.54) is 16.7 Å². The first kappa shape index (κ1) is 13.0. The van der Waals surface area contributed by atoms with E-state index in [9.17, 15) is 4.79 Å². The molecule has 2 nitrogen and oxygen atoms in total. The Bertz CT molecular complexity index is 492. The molecule has 0 unspecified atom stereocenters. The first-order valence-corrected chi connectivity index (χ1v) is 6.73. The summed E-state index contributed by atoms with van der Waals surface area (Å²) in [4.78, 5) is 14.7. The molecule has 1 aromatic rings. The average molecular weight is 243 g/mol. The highest BCUT2D eigenvalue weighted by molar-refractivity contribution is 5.47. The van der Waals surface area contributed by atoms with Crippen LogP contribution < -0.4 is 0 Å². The Labute approximate surface area is 109 Å². The lowest BCUT2D eigenvalue weighted by molar-refractivity contribution is 0.555. The minimum absolute atomic E-state index is 0.258. The largest absolute Gasteiger partial charge is 0.235 e. The Kier molecular flexibility index (Phi) is 3.41. The number of rotatable bonds is 4. The van der Waals surface area contributed by atoms with Gasteiger partial charge < -0.3 is 0 Å². The smallest absolute Gasteiger partial charge is 0.211 e. The molecular weight excluding hydrogens is 222 g/mol. The molecule has 0 amide bonds. The van der Waals surface area contributed by atoms with Crippen LogP contribution in [0.5, 0.6) is 0 Å². The molecular formula is C16H21NO. The molecule has 0 bridgehead atoms. The zero-order valence-electron chi connectivity index (χ0n) is 11.7. The summed E-state index contributed by atoms with van der Waals surface area (Å²) in [5.74, 6) is 0.960. The van der Waals surface area contributed by atoms with Crippen molar-refractivity contribution in [2.75, 3.05) is 0 Å². The van der Waals surface area contributed by atoms with E-state index in [0.29, 0.717) is 11.8 Å². The summed E-state index contributed by atoms with van der Waals surface area (Å²) < 4.78 is 0. The summed E-state index contributed by atoms with van der Waals surface area (Å²) in [6.07, 6.45) is 3.71. The Hall–Kier alpha value is -1.40. The minimum Gasteiger partial charge on any atom is -0.211 e. The van der Waals surface area contributed by atoms with E-state index >= 15 is 0 Å². The maximum absolute atomic E-state index is 10.6. The van der Waals surface area contributed by atoms with Crippen molar-refractivity contribution in [3.63, 3.8) is 0 Å². The molecule has 0 saturated heterocycles. The predicted molar refractivity (Wildman–Crippen MR) is 73.7 cm³/mol. The Morgan fingerprint density at radius 1 is 1.17 bits per heavy atom. The van der Waals surface area contributed by atoms with Crippen LogP contribution in [0, 0.1) is 0 Å². The first-order valence-electron chi connectivity index (χ1n) is 6.73. The van der Waals surface area contributed by atoms with Crippen molar-refractivity contribution in [2.24, 2.45) is 4.99 Å². The van der Waals surface area contributed by atoms with Gasteiger partial charge in [0.05, 0.1) is 5.54 Å². The van der Waals surface area contributed by atoms with Crippen LogP contribution in [-0.2, 0) is 10.3 Å². The highest BCUT2D eigenvalue weighted by Crippen LogP contribution is 2.51. The normalized spacial score (nSPS) is 16.8. The number of hydrogen-bond acceptors (Lipinski definition) is 2. The lowest BCUT2D eigenvalue weighted by Gasteiger charge is -2.19. The standard InChI is InChI=1S/C16H21NO/c1-11(2)13-5-6-14(12(3)4)15(9-13)16(7-8-16)17-10-18/h5-6,9,11-12H,7-8H2,1-4H3. The molecule has 0 aliphatic heterocycles. The highest BCUT2D eigenvalue weighted by atomic mass is 16.1. The first-order chi connectivity index (χ1) is 8.50. The van der Waals surface area contributed by atoms with Crippen molar-refractivity contribution in [3.8, 4) is 0 Å². The fourth-order valence-corrected chi connectivity index (χ4v) is 2.49. The summed E-state index contributed by atoms with van der Waals surface area (Å²) >= 11 is 0. The van der Waals surface area contributed by atoms with Crippen LogP contribution in [-0.4, -0.2) is 6.08 Å². The highest BCUT2D eigenvalue weighted by Gasteiger charge is 2.46. The lowest BCUT2D eigenvalue weighted by Crippen LogP contribution is -2.09. The van der Waals surface area contributed by atoms with Crippen molar-refractivity contribution >= 4 is 6.08 Å². The maximum Gasteiger partial charge on any atom is 0.235 e. The van der Waals surface area contributed by atoms with Crippen LogP contribution in [0.15, 0.2) is 23.2 Å². The van der Waals surface area contributed by atoms with Crippen LogP contribution in [0.4, 0.5) is 0 Å². The van der Waals surface area contributed by atoms with Gasteiger partial charge in [0.2, 0.25) is 6.08 Å². The fraction of sp³-hybridized carbons (Fsp3) is 0.562. The molecule has 0 heterocycles. The van der Waals surface area contributed by atoms with E-state index < -0.39 is 0 Å². The van der Waals surface area contributed by atoms with E-state index in [1.807, 2.05) is 0 Å². The van der Waals surface area contributed by atoms with E-state index in [-0.39, 0.29) is 5.54 Å². The van der Waals surface area contributed by atoms with Crippen LogP contribution >= 0.6 is 0 Å². The van der Waals surface area contributed by atoms with Gasteiger partial charge in [-0.15, -0.1) is 0 Å². The third kappa shape index (κ3) is 2.26. The topological polar surface area (TPSA) is 29.4 Å². The maximum atomic E-state index is 10.6. The monoisotopic (exact) mass is 243 g/mol. The SMILES string of the molecule is CC(C)c1ccc(C(C)C)c(C2(N=C=O)CC2)c1. The second-order valence-electron chi connectivity index (χ2n) is 5.89. The van der Waals surface area contributed by atoms with Crippen molar-refractivity contribution in [3.05, 3.63) is 34.9 Å². The van der Waals surface area contributed by atoms with Gasteiger partial charge in [-0.25, -0.2) is 4.79 Å². The van der Waals surface area contributed by atoms with Crippen molar-refractivity contribution in [1.29, 1.82) is 0 Å². The molecule has 0 N–H and O–H groups in total. The van der Waals surface area contributed by atoms with Gasteiger partial charge in [0.1, 0.15) is 0 Å². The number of nitrogens with zero attached hydrogens (tertiary/aromatic N) is 1. The zero-order valence-corrected chi connectivity index (χ0v) is 11.7. The number of hydrogen-bond donors (Lipinski definition) is 0. The van der Waals surface area contributed by atoms with Crippen LogP contribution in [0.25, 0.3) is 0 Å². The molecule has 1 aliphatic rings. The molecule has 0 spiro atoms. The van der Waals surface area contributed by atoms with Gasteiger partial charge in [-0.3, -0.25) is 0 Å². The van der Waals surface area contributed by atoms with Crippen molar-refractivity contribution in [2.45, 2.75) is 57.9 Å². The van der Waals surface area contributed by atoms with Crippen LogP contribution in [0.2, 0.25) is 0 Å². The third-order valence-electron chi connectivity index (χ3n) is 3.85. The molecule has 0 atom stereocenters. The molecule has 1 aromatic carbocycles. The third-order valence-corrected chi connectivity index (χ3v) is 3.85. The second kappa shape index (κ2) is 4.70. The van der Waals surface area contributed by atoms with Crippen molar-refractivity contribution < 1.29 is 4.79 Å². The summed E-state index contributed by atoms with van der Waals surface area (Å²) in [5.41, 5.74) is 3.62. The Morgan fingerprint density at radius 2 is 1.83 bits per heavy atom. The molecule has 1 saturated carbocycles. The van der Waals surface area contributed by atoms with Gasteiger partial charge in [0, 0.05) is 0 Å². The summed E-state index contributed by atoms with van der Waals surface area (Å²) in [7, 11) is 0. The molecule has 1 fully saturated rings. The molecule has 2 heteroatoms. The number of aliphatic imine (C=N–C) groups is 1. The van der Waals surface area contributed by atoms with Gasteiger partial charge in [0.15, 0.2) is 0 Å². The molecule has 2 rings (SSSR count). The second-order valence-corrected chi connectivity index (χ2v) is 5.89. The molecule has 0 aromatic heterocycles. The van der Waals surface area contributed by atoms with Gasteiger partial charge in [-0.1, -0.05) is 45.9 Å². The van der Waals surface area contributed by atoms with Crippen LogP contribution in [0.1, 0.15) is 69.1 Å².